The van der Waals surface area contributed by atoms with Gasteiger partial charge in [-0.3, -0.25) is 4.79 Å². The summed E-state index contributed by atoms with van der Waals surface area (Å²) in [6.07, 6.45) is 5.18. The summed E-state index contributed by atoms with van der Waals surface area (Å²) in [5.74, 6) is 0.00812. The fourth-order valence-corrected chi connectivity index (χ4v) is 3.29. The Balaban J connectivity index is 0.00000220. The minimum Gasteiger partial charge on any atom is -0.368 e. The Morgan fingerprint density at radius 3 is 2.68 bits per heavy atom. The van der Waals surface area contributed by atoms with E-state index in [4.69, 9.17) is 4.74 Å². The highest BCUT2D eigenvalue weighted by Gasteiger charge is 2.39. The van der Waals surface area contributed by atoms with Gasteiger partial charge >= 0.3 is 0 Å². The van der Waals surface area contributed by atoms with E-state index in [9.17, 15) is 4.79 Å². The summed E-state index contributed by atoms with van der Waals surface area (Å²) in [7, 11) is 1.62. The first-order valence-electron chi connectivity index (χ1n) is 7.18. The van der Waals surface area contributed by atoms with Crippen LogP contribution in [0.5, 0.6) is 0 Å². The largest absolute Gasteiger partial charge is 0.368 e. The first-order chi connectivity index (χ1) is 9.70. The summed E-state index contributed by atoms with van der Waals surface area (Å²) in [4.78, 5) is 18.0. The Hall–Kier alpha value is -0.400. The van der Waals surface area contributed by atoms with Crippen LogP contribution in [0.1, 0.15) is 29.7 Å². The van der Waals surface area contributed by atoms with Crippen molar-refractivity contribution in [3.63, 3.8) is 0 Å². The molecule has 0 aromatic carbocycles. The molecule has 0 saturated carbocycles. The minimum atomic E-state index is -0.650. The number of aromatic nitrogens is 1. The molecule has 1 aromatic rings. The zero-order valence-corrected chi connectivity index (χ0v) is 15.5. The lowest BCUT2D eigenvalue weighted by atomic mass is 9.91. The lowest BCUT2D eigenvalue weighted by Gasteiger charge is -2.34. The number of thiazole rings is 1. The van der Waals surface area contributed by atoms with Gasteiger partial charge in [0, 0.05) is 31.1 Å². The number of methoxy groups -OCH3 is 1. The van der Waals surface area contributed by atoms with Crippen molar-refractivity contribution < 1.29 is 9.53 Å². The van der Waals surface area contributed by atoms with E-state index in [1.54, 1.807) is 18.4 Å². The minimum absolute atomic E-state index is 0. The average molecular weight is 370 g/mol. The van der Waals surface area contributed by atoms with Gasteiger partial charge in [0.2, 0.25) is 0 Å². The molecule has 1 saturated heterocycles. The lowest BCUT2D eigenvalue weighted by Crippen LogP contribution is -2.54. The third kappa shape index (κ3) is 5.35. The Bertz CT molecular complexity index is 451. The highest BCUT2D eigenvalue weighted by molar-refractivity contribution is 7.11. The number of piperidine rings is 1. The van der Waals surface area contributed by atoms with Crippen LogP contribution in [0.15, 0.2) is 6.20 Å². The van der Waals surface area contributed by atoms with Crippen LogP contribution in [0.25, 0.3) is 0 Å². The molecule has 128 valence electrons. The van der Waals surface area contributed by atoms with Gasteiger partial charge in [-0.05, 0) is 32.4 Å². The maximum Gasteiger partial charge on any atom is 0.252 e. The molecular weight excluding hydrogens is 345 g/mol. The average Bonchev–Trinajstić information content (AvgIpc) is 2.95. The van der Waals surface area contributed by atoms with Crippen LogP contribution >= 0.6 is 36.2 Å². The number of carbonyl (C=O) groups is 1. The van der Waals surface area contributed by atoms with Gasteiger partial charge in [-0.25, -0.2) is 4.98 Å². The molecule has 0 atom stereocenters. The normalized spacial score (nSPS) is 16.3. The van der Waals surface area contributed by atoms with Gasteiger partial charge in [-0.2, -0.15) is 0 Å². The fourth-order valence-electron chi connectivity index (χ4n) is 2.43. The first kappa shape index (κ1) is 21.6. The SMILES string of the molecule is CCc1cnc(CCNC(=O)C2(OC)CCNCC2)s1.Cl.Cl. The maximum absolute atomic E-state index is 12.3. The molecule has 0 radical (unpaired) electrons. The van der Waals surface area contributed by atoms with Crippen molar-refractivity contribution in [1.29, 1.82) is 0 Å². The summed E-state index contributed by atoms with van der Waals surface area (Å²) >= 11 is 1.72. The van der Waals surface area contributed by atoms with Crippen LogP contribution in [0, 0.1) is 0 Å². The van der Waals surface area contributed by atoms with E-state index in [1.807, 2.05) is 6.20 Å². The Kier molecular flexibility index (Phi) is 10.2. The fraction of sp³-hybridized carbons (Fsp3) is 0.714. The van der Waals surface area contributed by atoms with Crippen molar-refractivity contribution >= 4 is 42.1 Å². The van der Waals surface area contributed by atoms with Gasteiger partial charge in [0.05, 0.1) is 5.01 Å². The van der Waals surface area contributed by atoms with E-state index < -0.39 is 5.60 Å². The van der Waals surface area contributed by atoms with Crippen molar-refractivity contribution in [2.75, 3.05) is 26.7 Å². The topological polar surface area (TPSA) is 63.2 Å². The van der Waals surface area contributed by atoms with Crippen LogP contribution in [-0.4, -0.2) is 43.2 Å². The molecule has 0 spiro atoms. The molecule has 1 aliphatic rings. The summed E-state index contributed by atoms with van der Waals surface area (Å²) in [6, 6.07) is 0. The number of carbonyl (C=O) groups excluding carboxylic acids is 1. The van der Waals surface area contributed by atoms with Crippen molar-refractivity contribution in [1.82, 2.24) is 15.6 Å². The van der Waals surface area contributed by atoms with Gasteiger partial charge in [0.15, 0.2) is 0 Å². The molecule has 1 aromatic heterocycles. The second-order valence-corrected chi connectivity index (χ2v) is 6.23. The quantitative estimate of drug-likeness (QED) is 0.804. The number of amides is 1. The van der Waals surface area contributed by atoms with E-state index in [-0.39, 0.29) is 30.7 Å². The van der Waals surface area contributed by atoms with E-state index in [1.165, 1.54) is 4.88 Å². The standard InChI is InChI=1S/C14H23N3O2S.2ClH/c1-3-11-10-17-12(20-11)4-7-16-13(18)14(19-2)5-8-15-9-6-14;;/h10,15H,3-9H2,1-2H3,(H,16,18);2*1H. The van der Waals surface area contributed by atoms with Gasteiger partial charge < -0.3 is 15.4 Å². The second kappa shape index (κ2) is 10.4. The monoisotopic (exact) mass is 369 g/mol. The molecule has 2 rings (SSSR count). The molecule has 0 aliphatic carbocycles. The van der Waals surface area contributed by atoms with Crippen molar-refractivity contribution in [3.05, 3.63) is 16.1 Å². The molecule has 0 unspecified atom stereocenters. The molecule has 22 heavy (non-hydrogen) atoms. The first-order valence-corrected chi connectivity index (χ1v) is 7.99. The van der Waals surface area contributed by atoms with E-state index in [0.717, 1.165) is 43.8 Å². The van der Waals surface area contributed by atoms with Gasteiger partial charge in [0.25, 0.3) is 5.91 Å². The number of nitrogens with one attached hydrogen (secondary N) is 2. The second-order valence-electron chi connectivity index (χ2n) is 5.03. The zero-order valence-electron chi connectivity index (χ0n) is 13.0. The van der Waals surface area contributed by atoms with E-state index >= 15 is 0 Å². The van der Waals surface area contributed by atoms with Crippen LogP contribution in [0.2, 0.25) is 0 Å². The van der Waals surface area contributed by atoms with Crippen molar-refractivity contribution in [2.45, 2.75) is 38.2 Å². The van der Waals surface area contributed by atoms with Crippen molar-refractivity contribution in [3.8, 4) is 0 Å². The predicted octanol–water partition coefficient (Wildman–Crippen LogP) is 1.98. The maximum atomic E-state index is 12.3. The predicted molar refractivity (Wildman–Crippen MR) is 94.5 cm³/mol. The van der Waals surface area contributed by atoms with Crippen LogP contribution in [0.3, 0.4) is 0 Å². The lowest BCUT2D eigenvalue weighted by molar-refractivity contribution is -0.146. The van der Waals surface area contributed by atoms with Gasteiger partial charge in [-0.15, -0.1) is 36.2 Å². The number of aryl methyl sites for hydroxylation is 1. The summed E-state index contributed by atoms with van der Waals surface area (Å²) in [6.45, 7) is 4.40. The Morgan fingerprint density at radius 1 is 1.45 bits per heavy atom. The number of halogens is 2. The number of hydrogen-bond donors (Lipinski definition) is 2. The Labute approximate surface area is 148 Å². The molecule has 1 amide bonds. The smallest absolute Gasteiger partial charge is 0.252 e. The van der Waals surface area contributed by atoms with E-state index in [0.29, 0.717) is 6.54 Å². The van der Waals surface area contributed by atoms with Gasteiger partial charge in [0.1, 0.15) is 5.60 Å². The Morgan fingerprint density at radius 2 is 2.14 bits per heavy atom. The zero-order chi connectivity index (χ0) is 14.4. The molecule has 2 N–H and O–H groups in total. The highest BCUT2D eigenvalue weighted by atomic mass is 35.5. The van der Waals surface area contributed by atoms with Crippen LogP contribution < -0.4 is 10.6 Å². The highest BCUT2D eigenvalue weighted by Crippen LogP contribution is 2.22. The van der Waals surface area contributed by atoms with Gasteiger partial charge in [-0.1, -0.05) is 6.92 Å². The molecule has 8 heteroatoms. The van der Waals surface area contributed by atoms with Crippen LogP contribution in [-0.2, 0) is 22.4 Å². The number of ether oxygens (including phenoxy) is 1. The number of rotatable bonds is 6. The summed E-state index contributed by atoms with van der Waals surface area (Å²) in [5, 5.41) is 7.33. The molecule has 1 aliphatic heterocycles. The molecule has 1 fully saturated rings. The summed E-state index contributed by atoms with van der Waals surface area (Å²) < 4.78 is 5.50. The third-order valence-electron chi connectivity index (χ3n) is 3.79. The molecule has 5 nitrogen and oxygen atoms in total. The molecule has 2 heterocycles. The molecule has 0 bridgehead atoms. The molecular formula is C14H25Cl2N3O2S. The third-order valence-corrected chi connectivity index (χ3v) is 4.99. The number of nitrogens with zero attached hydrogens (tertiary/aromatic N) is 1. The van der Waals surface area contributed by atoms with Crippen molar-refractivity contribution in [2.24, 2.45) is 0 Å². The summed E-state index contributed by atoms with van der Waals surface area (Å²) in [5.41, 5.74) is -0.650. The number of hydrogen-bond acceptors (Lipinski definition) is 5. The van der Waals surface area contributed by atoms with E-state index in [2.05, 4.69) is 22.5 Å². The van der Waals surface area contributed by atoms with Crippen LogP contribution in [0.4, 0.5) is 0 Å².